The highest BCUT2D eigenvalue weighted by Gasteiger charge is 2.11. The van der Waals surface area contributed by atoms with Gasteiger partial charge in [0.05, 0.1) is 12.4 Å². The molecule has 0 aromatic heterocycles. The van der Waals surface area contributed by atoms with Crippen molar-refractivity contribution in [3.63, 3.8) is 0 Å². The van der Waals surface area contributed by atoms with Crippen molar-refractivity contribution in [2.24, 2.45) is 4.99 Å². The van der Waals surface area contributed by atoms with Gasteiger partial charge in [-0.15, -0.1) is 0 Å². The molecule has 0 amide bonds. The highest BCUT2D eigenvalue weighted by atomic mass is 15.1. The van der Waals surface area contributed by atoms with Gasteiger partial charge in [0.1, 0.15) is 0 Å². The van der Waals surface area contributed by atoms with E-state index in [1.807, 2.05) is 0 Å². The zero-order valence-corrected chi connectivity index (χ0v) is 11.4. The summed E-state index contributed by atoms with van der Waals surface area (Å²) >= 11 is 0. The van der Waals surface area contributed by atoms with E-state index in [2.05, 4.69) is 44.1 Å². The van der Waals surface area contributed by atoms with E-state index in [1.54, 1.807) is 0 Å². The van der Waals surface area contributed by atoms with E-state index < -0.39 is 0 Å². The Morgan fingerprint density at radius 3 is 2.24 bits per heavy atom. The molecule has 0 bridgehead atoms. The molecule has 1 aromatic carbocycles. The molecular formula is C15H22N2. The minimum Gasteiger partial charge on any atom is -0.372 e. The molecule has 92 valence electrons. The Hall–Kier alpha value is -1.31. The molecule has 0 saturated heterocycles. The summed E-state index contributed by atoms with van der Waals surface area (Å²) in [6.07, 6.45) is 2.15. The van der Waals surface area contributed by atoms with Crippen LogP contribution in [0.25, 0.3) is 0 Å². The van der Waals surface area contributed by atoms with Crippen LogP contribution < -0.4 is 5.32 Å². The number of nitrogens with zero attached hydrogens (tertiary/aromatic N) is 1. The second kappa shape index (κ2) is 4.91. The molecule has 0 atom stereocenters. The van der Waals surface area contributed by atoms with Crippen LogP contribution in [-0.4, -0.2) is 18.9 Å². The van der Waals surface area contributed by atoms with Crippen molar-refractivity contribution >= 4 is 5.84 Å². The molecule has 17 heavy (non-hydrogen) atoms. The van der Waals surface area contributed by atoms with Crippen LogP contribution in [0.1, 0.15) is 34.2 Å². The first kappa shape index (κ1) is 12.2. The van der Waals surface area contributed by atoms with Gasteiger partial charge in [-0.05, 0) is 61.9 Å². The molecule has 1 heterocycles. The number of hydrogen-bond acceptors (Lipinski definition) is 2. The van der Waals surface area contributed by atoms with Crippen molar-refractivity contribution in [2.75, 3.05) is 13.1 Å². The molecule has 0 unspecified atom stereocenters. The minimum absolute atomic E-state index is 0.945. The van der Waals surface area contributed by atoms with Gasteiger partial charge in [0.15, 0.2) is 0 Å². The van der Waals surface area contributed by atoms with Crippen LogP contribution in [0.15, 0.2) is 11.1 Å². The zero-order valence-electron chi connectivity index (χ0n) is 11.4. The lowest BCUT2D eigenvalue weighted by molar-refractivity contribution is 0.924. The molecule has 1 aliphatic heterocycles. The lowest BCUT2D eigenvalue weighted by Crippen LogP contribution is -2.19. The molecule has 0 spiro atoms. The Morgan fingerprint density at radius 1 is 1.06 bits per heavy atom. The smallest absolute Gasteiger partial charge is 0.0967 e. The number of nitrogens with one attached hydrogen (secondary N) is 1. The second-order valence-electron chi connectivity index (χ2n) is 4.99. The van der Waals surface area contributed by atoms with Crippen LogP contribution in [-0.2, 0) is 6.42 Å². The number of aliphatic imine (C=N–C) groups is 1. The van der Waals surface area contributed by atoms with Crippen molar-refractivity contribution in [2.45, 2.75) is 40.5 Å². The van der Waals surface area contributed by atoms with E-state index in [-0.39, 0.29) is 0 Å². The van der Waals surface area contributed by atoms with Gasteiger partial charge in [-0.3, -0.25) is 4.99 Å². The highest BCUT2D eigenvalue weighted by Crippen LogP contribution is 2.23. The van der Waals surface area contributed by atoms with E-state index in [9.17, 15) is 0 Å². The standard InChI is InChI=1S/C15H22N2/c1-10-9-11(2)13(4)14(12(10)3)5-6-15-16-7-8-17-15/h9H,5-8H2,1-4H3,(H,16,17). The highest BCUT2D eigenvalue weighted by molar-refractivity contribution is 5.83. The fourth-order valence-electron chi connectivity index (χ4n) is 2.53. The van der Waals surface area contributed by atoms with Gasteiger partial charge in [0, 0.05) is 13.0 Å². The first-order valence-corrected chi connectivity index (χ1v) is 6.43. The third-order valence-electron chi connectivity index (χ3n) is 3.88. The molecule has 0 aliphatic carbocycles. The maximum Gasteiger partial charge on any atom is 0.0967 e. The molecule has 1 N–H and O–H groups in total. The first-order chi connectivity index (χ1) is 8.09. The van der Waals surface area contributed by atoms with Crippen molar-refractivity contribution in [3.8, 4) is 0 Å². The van der Waals surface area contributed by atoms with Gasteiger partial charge in [0.2, 0.25) is 0 Å². The van der Waals surface area contributed by atoms with Gasteiger partial charge in [-0.2, -0.15) is 0 Å². The average Bonchev–Trinajstić information content (AvgIpc) is 2.79. The number of rotatable bonds is 3. The van der Waals surface area contributed by atoms with Crippen LogP contribution in [0.2, 0.25) is 0 Å². The van der Waals surface area contributed by atoms with E-state index in [1.165, 1.54) is 33.7 Å². The Kier molecular flexibility index (Phi) is 3.51. The summed E-state index contributed by atoms with van der Waals surface area (Å²) in [5, 5.41) is 3.34. The van der Waals surface area contributed by atoms with Crippen LogP contribution in [0.4, 0.5) is 0 Å². The quantitative estimate of drug-likeness (QED) is 0.848. The summed E-state index contributed by atoms with van der Waals surface area (Å²) in [6.45, 7) is 10.8. The van der Waals surface area contributed by atoms with Crippen LogP contribution in [0.5, 0.6) is 0 Å². The van der Waals surface area contributed by atoms with Crippen molar-refractivity contribution in [1.82, 2.24) is 5.32 Å². The molecule has 0 radical (unpaired) electrons. The zero-order chi connectivity index (χ0) is 12.4. The Labute approximate surface area is 104 Å². The predicted octanol–water partition coefficient (Wildman–Crippen LogP) is 2.85. The number of benzene rings is 1. The van der Waals surface area contributed by atoms with Gasteiger partial charge in [-0.25, -0.2) is 0 Å². The van der Waals surface area contributed by atoms with E-state index >= 15 is 0 Å². The average molecular weight is 230 g/mol. The third kappa shape index (κ3) is 2.51. The lowest BCUT2D eigenvalue weighted by atomic mass is 9.91. The molecular weight excluding hydrogens is 208 g/mol. The predicted molar refractivity (Wildman–Crippen MR) is 74.0 cm³/mol. The first-order valence-electron chi connectivity index (χ1n) is 6.43. The van der Waals surface area contributed by atoms with Crippen molar-refractivity contribution in [1.29, 1.82) is 0 Å². The lowest BCUT2D eigenvalue weighted by Gasteiger charge is -2.15. The van der Waals surface area contributed by atoms with Crippen LogP contribution in [0.3, 0.4) is 0 Å². The Morgan fingerprint density at radius 2 is 1.71 bits per heavy atom. The minimum atomic E-state index is 0.945. The monoisotopic (exact) mass is 230 g/mol. The molecule has 1 aliphatic rings. The Balaban J connectivity index is 2.19. The topological polar surface area (TPSA) is 24.4 Å². The largest absolute Gasteiger partial charge is 0.372 e. The molecule has 0 fully saturated rings. The SMILES string of the molecule is Cc1cc(C)c(C)c(CCC2=NCCN2)c1C. The molecule has 2 nitrogen and oxygen atoms in total. The fourth-order valence-corrected chi connectivity index (χ4v) is 2.53. The van der Waals surface area contributed by atoms with Gasteiger partial charge in [-0.1, -0.05) is 6.07 Å². The number of hydrogen-bond donors (Lipinski definition) is 1. The molecule has 0 saturated carbocycles. The van der Waals surface area contributed by atoms with Gasteiger partial charge in [0.25, 0.3) is 0 Å². The summed E-state index contributed by atoms with van der Waals surface area (Å²) in [4.78, 5) is 4.46. The number of amidine groups is 1. The maximum atomic E-state index is 4.46. The molecule has 2 heteroatoms. The van der Waals surface area contributed by atoms with Crippen LogP contribution in [0, 0.1) is 27.7 Å². The third-order valence-corrected chi connectivity index (χ3v) is 3.88. The van der Waals surface area contributed by atoms with E-state index in [0.717, 1.165) is 25.9 Å². The molecule has 1 aromatic rings. The van der Waals surface area contributed by atoms with Gasteiger partial charge >= 0.3 is 0 Å². The van der Waals surface area contributed by atoms with Crippen molar-refractivity contribution < 1.29 is 0 Å². The second-order valence-corrected chi connectivity index (χ2v) is 4.99. The van der Waals surface area contributed by atoms with E-state index in [0.29, 0.717) is 0 Å². The Bertz CT molecular complexity index is 432. The fraction of sp³-hybridized carbons (Fsp3) is 0.533. The summed E-state index contributed by atoms with van der Waals surface area (Å²) < 4.78 is 0. The van der Waals surface area contributed by atoms with Gasteiger partial charge < -0.3 is 5.32 Å². The summed E-state index contributed by atoms with van der Waals surface area (Å²) in [5.74, 6) is 1.18. The maximum absolute atomic E-state index is 4.46. The van der Waals surface area contributed by atoms with Crippen molar-refractivity contribution in [3.05, 3.63) is 33.9 Å². The summed E-state index contributed by atoms with van der Waals surface area (Å²) in [5.41, 5.74) is 7.23. The molecule has 2 rings (SSSR count). The normalized spacial score (nSPS) is 14.7. The summed E-state index contributed by atoms with van der Waals surface area (Å²) in [6, 6.07) is 2.29. The van der Waals surface area contributed by atoms with E-state index in [4.69, 9.17) is 0 Å². The number of aryl methyl sites for hydroxylation is 2. The van der Waals surface area contributed by atoms with Crippen LogP contribution >= 0.6 is 0 Å². The summed E-state index contributed by atoms with van der Waals surface area (Å²) in [7, 11) is 0.